The number of hydrogen-bond donors (Lipinski definition) is 1. The Morgan fingerprint density at radius 3 is 2.57 bits per heavy atom. The molecule has 0 saturated heterocycles. The summed E-state index contributed by atoms with van der Waals surface area (Å²) in [6.07, 6.45) is 0. The molecule has 1 amide bonds. The van der Waals surface area contributed by atoms with Gasteiger partial charge in [0.1, 0.15) is 11.3 Å². The van der Waals surface area contributed by atoms with Gasteiger partial charge < -0.3 is 10.1 Å². The molecule has 0 aliphatic carbocycles. The molecule has 1 N–H and O–H groups in total. The van der Waals surface area contributed by atoms with Crippen molar-refractivity contribution in [1.29, 1.82) is 0 Å². The van der Waals surface area contributed by atoms with Crippen molar-refractivity contribution in [2.24, 2.45) is 0 Å². The van der Waals surface area contributed by atoms with Crippen LogP contribution >= 0.6 is 0 Å². The van der Waals surface area contributed by atoms with E-state index < -0.39 is 0 Å². The summed E-state index contributed by atoms with van der Waals surface area (Å²) in [5.74, 6) is 0.388. The summed E-state index contributed by atoms with van der Waals surface area (Å²) in [5, 5.41) is 11.3. The first kappa shape index (κ1) is 17.4. The van der Waals surface area contributed by atoms with Crippen molar-refractivity contribution in [1.82, 2.24) is 15.0 Å². The molecule has 28 heavy (non-hydrogen) atoms. The minimum atomic E-state index is -0.267. The Morgan fingerprint density at radius 1 is 1.00 bits per heavy atom. The number of methoxy groups -OCH3 is 1. The van der Waals surface area contributed by atoms with Crippen molar-refractivity contribution >= 4 is 22.5 Å². The first-order valence-corrected chi connectivity index (χ1v) is 8.56. The predicted molar refractivity (Wildman–Crippen MR) is 106 cm³/mol. The number of nitrogens with one attached hydrogen (secondary N) is 1. The summed E-state index contributed by atoms with van der Waals surface area (Å²) < 4.78 is 6.37. The molecule has 0 atom stereocenters. The fraction of sp³-hybridized carbons (Fsp3) is 0.0476. The molecule has 0 spiro atoms. The van der Waals surface area contributed by atoms with Gasteiger partial charge in [0.05, 0.1) is 18.2 Å². The Balaban J connectivity index is 1.59. The second kappa shape index (κ2) is 7.32. The van der Waals surface area contributed by atoms with Crippen molar-refractivity contribution in [2.45, 2.75) is 0 Å². The number of aromatic nitrogens is 3. The highest BCUT2D eigenvalue weighted by Gasteiger charge is 2.10. The minimum absolute atomic E-state index is 0.265. The van der Waals surface area contributed by atoms with Gasteiger partial charge in [-0.05, 0) is 48.5 Å². The lowest BCUT2D eigenvalue weighted by atomic mass is 10.2. The van der Waals surface area contributed by atoms with Gasteiger partial charge in [0.15, 0.2) is 0 Å². The SMILES string of the molecule is COc1cccc(NC(=O)c2ccc(-n3nnc4ccccc4c3=O)cc2)c1. The summed E-state index contributed by atoms with van der Waals surface area (Å²) >= 11 is 0. The Hall–Kier alpha value is -4.00. The van der Waals surface area contributed by atoms with Gasteiger partial charge in [-0.1, -0.05) is 23.4 Å². The van der Waals surface area contributed by atoms with E-state index in [0.29, 0.717) is 33.6 Å². The van der Waals surface area contributed by atoms with Crippen molar-refractivity contribution in [3.63, 3.8) is 0 Å². The average molecular weight is 372 g/mol. The molecule has 138 valence electrons. The zero-order valence-electron chi connectivity index (χ0n) is 15.0. The highest BCUT2D eigenvalue weighted by atomic mass is 16.5. The lowest BCUT2D eigenvalue weighted by Gasteiger charge is -2.08. The number of fused-ring (bicyclic) bond motifs is 1. The standard InChI is InChI=1S/C21H16N4O3/c1-28-17-6-4-5-15(13-17)22-20(26)14-9-11-16(12-10-14)25-21(27)18-7-2-3-8-19(18)23-24-25/h2-13H,1H3,(H,22,26). The van der Waals surface area contributed by atoms with E-state index in [2.05, 4.69) is 15.6 Å². The number of carbonyl (C=O) groups is 1. The van der Waals surface area contributed by atoms with Gasteiger partial charge in [-0.25, -0.2) is 0 Å². The predicted octanol–water partition coefficient (Wildman–Crippen LogP) is 3.04. The lowest BCUT2D eigenvalue weighted by Crippen LogP contribution is -2.22. The fourth-order valence-corrected chi connectivity index (χ4v) is 2.82. The van der Waals surface area contributed by atoms with Crippen molar-refractivity contribution in [2.75, 3.05) is 12.4 Å². The molecule has 0 aliphatic rings. The van der Waals surface area contributed by atoms with E-state index in [-0.39, 0.29) is 11.5 Å². The van der Waals surface area contributed by atoms with Crippen LogP contribution < -0.4 is 15.6 Å². The van der Waals surface area contributed by atoms with Crippen LogP contribution in [0.15, 0.2) is 77.6 Å². The van der Waals surface area contributed by atoms with Gasteiger partial charge >= 0.3 is 0 Å². The summed E-state index contributed by atoms with van der Waals surface area (Å²) in [7, 11) is 1.57. The van der Waals surface area contributed by atoms with Crippen molar-refractivity contribution < 1.29 is 9.53 Å². The van der Waals surface area contributed by atoms with Gasteiger partial charge in [0, 0.05) is 17.3 Å². The number of nitrogens with zero attached hydrogens (tertiary/aromatic N) is 3. The minimum Gasteiger partial charge on any atom is -0.497 e. The second-order valence-corrected chi connectivity index (χ2v) is 6.06. The third-order valence-corrected chi connectivity index (χ3v) is 4.27. The second-order valence-electron chi connectivity index (χ2n) is 6.06. The van der Waals surface area contributed by atoms with E-state index >= 15 is 0 Å². The largest absolute Gasteiger partial charge is 0.497 e. The van der Waals surface area contributed by atoms with Gasteiger partial charge in [-0.2, -0.15) is 4.68 Å². The maximum atomic E-state index is 12.6. The molecule has 3 aromatic carbocycles. The van der Waals surface area contributed by atoms with Crippen LogP contribution in [0, 0.1) is 0 Å². The number of amides is 1. The van der Waals surface area contributed by atoms with Crippen LogP contribution in [0.1, 0.15) is 10.4 Å². The number of rotatable bonds is 4. The highest BCUT2D eigenvalue weighted by Crippen LogP contribution is 2.18. The van der Waals surface area contributed by atoms with Crippen LogP contribution in [0.4, 0.5) is 5.69 Å². The molecule has 0 aliphatic heterocycles. The summed E-state index contributed by atoms with van der Waals surface area (Å²) in [4.78, 5) is 25.1. The van der Waals surface area contributed by atoms with Gasteiger partial charge in [-0.3, -0.25) is 9.59 Å². The molecule has 0 radical (unpaired) electrons. The molecule has 1 aromatic heterocycles. The molecule has 0 unspecified atom stereocenters. The third kappa shape index (κ3) is 3.33. The van der Waals surface area contributed by atoms with Crippen LogP contribution in [0.25, 0.3) is 16.6 Å². The molecular weight excluding hydrogens is 356 g/mol. The maximum absolute atomic E-state index is 12.6. The first-order valence-electron chi connectivity index (χ1n) is 8.56. The molecule has 0 fully saturated rings. The molecule has 7 nitrogen and oxygen atoms in total. The monoisotopic (exact) mass is 372 g/mol. The van der Waals surface area contributed by atoms with Crippen LogP contribution in [0.5, 0.6) is 5.75 Å². The summed E-state index contributed by atoms with van der Waals surface area (Å²) in [6.45, 7) is 0. The average Bonchev–Trinajstić information content (AvgIpc) is 2.74. The number of hydrogen-bond acceptors (Lipinski definition) is 5. The van der Waals surface area contributed by atoms with Crippen LogP contribution in [0.2, 0.25) is 0 Å². The summed E-state index contributed by atoms with van der Waals surface area (Å²) in [5.41, 5.74) is 1.89. The number of benzene rings is 3. The van der Waals surface area contributed by atoms with Crippen LogP contribution in [-0.2, 0) is 0 Å². The summed E-state index contributed by atoms with van der Waals surface area (Å²) in [6, 6.07) is 20.7. The van der Waals surface area contributed by atoms with Crippen molar-refractivity contribution in [3.8, 4) is 11.4 Å². The van der Waals surface area contributed by atoms with Gasteiger partial charge in [0.25, 0.3) is 11.5 Å². The molecule has 0 saturated carbocycles. The third-order valence-electron chi connectivity index (χ3n) is 4.27. The van der Waals surface area contributed by atoms with E-state index in [1.54, 1.807) is 79.9 Å². The highest BCUT2D eigenvalue weighted by molar-refractivity contribution is 6.04. The first-order chi connectivity index (χ1) is 13.7. The topological polar surface area (TPSA) is 86.1 Å². The van der Waals surface area contributed by atoms with E-state index in [4.69, 9.17) is 4.74 Å². The molecule has 0 bridgehead atoms. The Labute approximate surface area is 160 Å². The molecular formula is C21H16N4O3. The molecule has 1 heterocycles. The number of ether oxygens (including phenoxy) is 1. The van der Waals surface area contributed by atoms with Crippen molar-refractivity contribution in [3.05, 3.63) is 88.7 Å². The van der Waals surface area contributed by atoms with E-state index in [1.165, 1.54) is 4.68 Å². The zero-order chi connectivity index (χ0) is 19.5. The number of anilines is 1. The normalized spacial score (nSPS) is 10.6. The van der Waals surface area contributed by atoms with E-state index in [1.807, 2.05) is 0 Å². The Morgan fingerprint density at radius 2 is 1.79 bits per heavy atom. The van der Waals surface area contributed by atoms with E-state index in [9.17, 15) is 9.59 Å². The number of carbonyl (C=O) groups excluding carboxylic acids is 1. The molecule has 4 rings (SSSR count). The van der Waals surface area contributed by atoms with Gasteiger partial charge in [-0.15, -0.1) is 5.10 Å². The van der Waals surface area contributed by atoms with Gasteiger partial charge in [0.2, 0.25) is 0 Å². The quantitative estimate of drug-likeness (QED) is 0.595. The smallest absolute Gasteiger partial charge is 0.282 e. The zero-order valence-corrected chi connectivity index (χ0v) is 15.0. The molecule has 7 heteroatoms. The fourth-order valence-electron chi connectivity index (χ4n) is 2.82. The van der Waals surface area contributed by atoms with Crippen LogP contribution in [-0.4, -0.2) is 28.0 Å². The van der Waals surface area contributed by atoms with E-state index in [0.717, 1.165) is 0 Å². The lowest BCUT2D eigenvalue weighted by molar-refractivity contribution is 0.102. The molecule has 4 aromatic rings. The maximum Gasteiger partial charge on any atom is 0.282 e. The van der Waals surface area contributed by atoms with Crippen LogP contribution in [0.3, 0.4) is 0 Å². The Kier molecular flexibility index (Phi) is 4.55. The Bertz CT molecular complexity index is 1220.